The summed E-state index contributed by atoms with van der Waals surface area (Å²) in [5.74, 6) is 0. The van der Waals surface area contributed by atoms with E-state index in [0.29, 0.717) is 0 Å². The van der Waals surface area contributed by atoms with Gasteiger partial charge in [0.25, 0.3) is 0 Å². The Labute approximate surface area is 255 Å². The van der Waals surface area contributed by atoms with Gasteiger partial charge < -0.3 is 11.7 Å². The van der Waals surface area contributed by atoms with Crippen LogP contribution < -0.4 is 24.0 Å². The van der Waals surface area contributed by atoms with E-state index in [1.54, 1.807) is 0 Å². The number of hydrogen-bond donors (Lipinski definition) is 0. The van der Waals surface area contributed by atoms with Gasteiger partial charge in [0.05, 0.1) is 8.07 Å². The van der Waals surface area contributed by atoms with Crippen molar-refractivity contribution in [1.82, 2.24) is 0 Å². The van der Waals surface area contributed by atoms with Crippen LogP contribution in [-0.2, 0) is 4.74 Å². The quantitative estimate of drug-likeness (QED) is 0.178. The molecule has 1 nitrogen and oxygen atoms in total. The minimum absolute atomic E-state index is 0. The maximum absolute atomic E-state index is 5.67. The zero-order valence-electron chi connectivity index (χ0n) is 23.1. The Morgan fingerprint density at radius 3 is 1.09 bits per heavy atom. The van der Waals surface area contributed by atoms with Crippen LogP contribution in [0.2, 0.25) is 39.3 Å². The first-order valence-corrected chi connectivity index (χ1v) is 21.7. The summed E-state index contributed by atoms with van der Waals surface area (Å²) in [6, 6.07) is 16.6. The van der Waals surface area contributed by atoms with Crippen molar-refractivity contribution in [3.63, 3.8) is 0 Å². The monoisotopic (exact) mass is 708 g/mol. The molecule has 0 atom stereocenters. The topological polar surface area (TPSA) is 9.23 Å². The molecule has 34 heavy (non-hydrogen) atoms. The Morgan fingerprint density at radius 2 is 0.941 bits per heavy atom. The van der Waals surface area contributed by atoms with E-state index in [9.17, 15) is 0 Å². The molecule has 0 N–H and O–H groups in total. The van der Waals surface area contributed by atoms with Gasteiger partial charge in [-0.25, -0.2) is 0 Å². The molecule has 2 aromatic rings. The van der Waals surface area contributed by atoms with Crippen molar-refractivity contribution < 1.29 is 23.6 Å². The smallest absolute Gasteiger partial charge is 0.382 e. The van der Waals surface area contributed by atoms with Crippen molar-refractivity contribution in [2.75, 3.05) is 13.2 Å². The third kappa shape index (κ3) is 37.7. The maximum atomic E-state index is 5.67. The third-order valence-electron chi connectivity index (χ3n) is 3.28. The average Bonchev–Trinajstić information content (AvgIpc) is 2.70. The van der Waals surface area contributed by atoms with Gasteiger partial charge in [0.2, 0.25) is 0 Å². The summed E-state index contributed by atoms with van der Waals surface area (Å²) in [7, 11) is -2.22. The van der Waals surface area contributed by atoms with Crippen molar-refractivity contribution in [2.45, 2.75) is 72.9 Å². The molecule has 0 spiro atoms. The second-order valence-electron chi connectivity index (χ2n) is 8.90. The molecule has 0 bridgehead atoms. The molecular weight excluding hydrogens is 667 g/mol. The summed E-state index contributed by atoms with van der Waals surface area (Å²) in [5, 5.41) is 1.51. The van der Waals surface area contributed by atoms with Crippen molar-refractivity contribution in [3.8, 4) is 0 Å². The minimum Gasteiger partial charge on any atom is -0.382 e. The molecule has 192 valence electrons. The van der Waals surface area contributed by atoms with Crippen LogP contribution in [0.15, 0.2) is 61.9 Å². The molecule has 0 aliphatic heterocycles. The zero-order chi connectivity index (χ0) is 26.5. The summed E-state index contributed by atoms with van der Waals surface area (Å²) < 4.78 is 8.22. The summed E-state index contributed by atoms with van der Waals surface area (Å²) in [4.78, 5) is 0. The largest absolute Gasteiger partial charge is 1.00 e. The van der Waals surface area contributed by atoms with Crippen molar-refractivity contribution in [3.05, 3.63) is 68.9 Å². The molecule has 0 aliphatic rings. The number of unbranched alkanes of at least 4 members (excludes halogenated alkanes) is 1. The van der Waals surface area contributed by atoms with Crippen LogP contribution in [0.1, 0.15) is 33.6 Å². The molecule has 8 heteroatoms. The maximum Gasteiger partial charge on any atom is 1.00 e. The Balaban J connectivity index is -0.000000174. The Morgan fingerprint density at radius 1 is 0.706 bits per heavy atom. The van der Waals surface area contributed by atoms with Gasteiger partial charge in [0, 0.05) is 26.6 Å². The number of ether oxygens (including phenoxy) is 1. The molecule has 0 amide bonds. The van der Waals surface area contributed by atoms with E-state index in [4.69, 9.17) is 15.8 Å². The van der Waals surface area contributed by atoms with Gasteiger partial charge >= 0.3 is 18.9 Å². The van der Waals surface area contributed by atoms with E-state index < -0.39 is 15.5 Å². The molecule has 0 saturated carbocycles. The Hall–Kier alpha value is 1.16. The molecule has 0 aliphatic carbocycles. The molecule has 0 saturated heterocycles. The first-order valence-electron chi connectivity index (χ1n) is 11.3. The van der Waals surface area contributed by atoms with Crippen LogP contribution >= 0.6 is 58.9 Å². The van der Waals surface area contributed by atoms with E-state index in [1.165, 1.54) is 16.1 Å². The summed E-state index contributed by atoms with van der Waals surface area (Å²) in [5.41, 5.74) is 0. The normalized spacial score (nSPS) is 9.82. The van der Waals surface area contributed by atoms with Crippen LogP contribution in [0.4, 0.5) is 0 Å². The molecule has 0 unspecified atom stereocenters. The number of rotatable bonds is 4. The van der Waals surface area contributed by atoms with Crippen molar-refractivity contribution >= 4 is 79.5 Å². The molecule has 0 fully saturated rings. The summed E-state index contributed by atoms with van der Waals surface area (Å²) in [6.45, 7) is 24.7. The van der Waals surface area contributed by atoms with Gasteiger partial charge in [-0.3, -0.25) is 0 Å². The second-order valence-corrected chi connectivity index (χ2v) is 24.3. The van der Waals surface area contributed by atoms with Crippen LogP contribution in [0, 0.1) is 6.92 Å². The van der Waals surface area contributed by atoms with Gasteiger partial charge in [-0.1, -0.05) is 118 Å². The molecule has 0 heterocycles. The Bertz CT molecular complexity index is 643. The standard InChI is InChI=1S/C9H13BrSi.C6H4Br2.C4H10O.C4H9.C3H9ClSi.Li/c1-11(2,3)9-6-4-8(10)5-7-9;7-5-1-2-6(8)4-3-5;1-3-5-4-2;1-3-4-2;1-5(2,3)4;/h4-7H,1-3H3;1-4H;3-4H2,1-2H3;1,3-4H2,2H3;1-3H3;/q;;;-1;;+1. The van der Waals surface area contributed by atoms with E-state index in [0.717, 1.165) is 28.6 Å². The average molecular weight is 712 g/mol. The SMILES string of the molecule is Brc1ccc(Br)cc1.CCOCC.C[Si](C)(C)Cl.C[Si](C)(C)c1ccc(Br)cc1.[CH2-]CCC.[Li+]. The summed E-state index contributed by atoms with van der Waals surface area (Å²) >= 11 is 15.7. The van der Waals surface area contributed by atoms with E-state index in [2.05, 4.69) is 125 Å². The van der Waals surface area contributed by atoms with Crippen LogP contribution in [0.25, 0.3) is 0 Å². The third-order valence-corrected chi connectivity index (χ3v) is 6.93. The first-order chi connectivity index (χ1) is 15.1. The number of hydrogen-bond acceptors (Lipinski definition) is 1. The van der Waals surface area contributed by atoms with E-state index in [1.807, 2.05) is 38.1 Å². The molecule has 0 aromatic heterocycles. The minimum atomic E-state index is -1.14. The molecule has 0 radical (unpaired) electrons. The fraction of sp³-hybridized carbons (Fsp3) is 0.500. The fourth-order valence-electron chi connectivity index (χ4n) is 1.58. The van der Waals surface area contributed by atoms with Crippen LogP contribution in [0.3, 0.4) is 0 Å². The van der Waals surface area contributed by atoms with Gasteiger partial charge in [-0.05, 0) is 50.2 Å². The number of halogens is 4. The second kappa shape index (κ2) is 25.8. The van der Waals surface area contributed by atoms with Crippen LogP contribution in [0.5, 0.6) is 0 Å². The zero-order valence-corrected chi connectivity index (χ0v) is 30.6. The molecular formula is C26H45Br3ClLiOSi2. The van der Waals surface area contributed by atoms with E-state index in [-0.39, 0.29) is 18.9 Å². The van der Waals surface area contributed by atoms with Crippen molar-refractivity contribution in [1.29, 1.82) is 0 Å². The predicted molar refractivity (Wildman–Crippen MR) is 171 cm³/mol. The van der Waals surface area contributed by atoms with Crippen molar-refractivity contribution in [2.24, 2.45) is 0 Å². The Kier molecular flexibility index (Phi) is 32.1. The number of benzene rings is 2. The van der Waals surface area contributed by atoms with Crippen LogP contribution in [-0.4, -0.2) is 28.7 Å². The van der Waals surface area contributed by atoms with E-state index >= 15 is 0 Å². The summed E-state index contributed by atoms with van der Waals surface area (Å²) in [6.07, 6.45) is 2.28. The van der Waals surface area contributed by atoms with Gasteiger partial charge in [-0.15, -0.1) is 0 Å². The fourth-order valence-corrected chi connectivity index (χ4v) is 3.54. The molecule has 2 rings (SSSR count). The molecule has 2 aromatic carbocycles. The predicted octanol–water partition coefficient (Wildman–Crippen LogP) is 7.93. The van der Waals surface area contributed by atoms with Gasteiger partial charge in [-0.2, -0.15) is 17.5 Å². The first kappa shape index (κ1) is 42.3. The van der Waals surface area contributed by atoms with Gasteiger partial charge in [0.15, 0.2) is 0 Å². The van der Waals surface area contributed by atoms with Gasteiger partial charge in [0.1, 0.15) is 7.38 Å².